The van der Waals surface area contributed by atoms with Gasteiger partial charge in [-0.3, -0.25) is 9.36 Å². The summed E-state index contributed by atoms with van der Waals surface area (Å²) in [5.41, 5.74) is 1.66. The fourth-order valence-corrected chi connectivity index (χ4v) is 3.85. The van der Waals surface area contributed by atoms with Gasteiger partial charge in [-0.05, 0) is 49.2 Å². The van der Waals surface area contributed by atoms with Crippen LogP contribution >= 0.6 is 23.4 Å². The molecule has 30 heavy (non-hydrogen) atoms. The van der Waals surface area contributed by atoms with Crippen LogP contribution in [0.2, 0.25) is 5.02 Å². The van der Waals surface area contributed by atoms with E-state index in [4.69, 9.17) is 16.3 Å². The number of benzene rings is 2. The van der Waals surface area contributed by atoms with Crippen molar-refractivity contribution in [2.24, 2.45) is 5.92 Å². The fraction of sp³-hybridized carbons (Fsp3) is 0.318. The van der Waals surface area contributed by atoms with Gasteiger partial charge in [0, 0.05) is 17.3 Å². The average molecular weight is 445 g/mol. The summed E-state index contributed by atoms with van der Waals surface area (Å²) in [7, 11) is 1.62. The number of methoxy groups -OCH3 is 1. The van der Waals surface area contributed by atoms with Crippen molar-refractivity contribution in [2.75, 3.05) is 13.7 Å². The third kappa shape index (κ3) is 5.15. The number of rotatable bonds is 8. The first-order valence-corrected chi connectivity index (χ1v) is 11.0. The maximum absolute atomic E-state index is 12.5. The van der Waals surface area contributed by atoms with Gasteiger partial charge >= 0.3 is 0 Å². The van der Waals surface area contributed by atoms with E-state index in [1.54, 1.807) is 7.11 Å². The van der Waals surface area contributed by atoms with Gasteiger partial charge in [-0.2, -0.15) is 0 Å². The number of ether oxygens (including phenoxy) is 1. The molecule has 1 unspecified atom stereocenters. The molecule has 1 amide bonds. The number of para-hydroxylation sites is 1. The smallest absolute Gasteiger partial charge is 0.233 e. The molecule has 0 bridgehead atoms. The van der Waals surface area contributed by atoms with Crippen molar-refractivity contribution in [3.63, 3.8) is 0 Å². The normalized spacial score (nSPS) is 12.1. The SMILES string of the molecule is COc1ccccc1-c1nnc(SC(C)C(=O)NCC(C)C)n1-c1ccc(Cl)cc1. The molecule has 0 aliphatic heterocycles. The molecule has 0 spiro atoms. The van der Waals surface area contributed by atoms with E-state index in [-0.39, 0.29) is 11.2 Å². The van der Waals surface area contributed by atoms with E-state index in [0.717, 1.165) is 11.3 Å². The quantitative estimate of drug-likeness (QED) is 0.503. The molecule has 1 N–H and O–H groups in total. The molecule has 0 aliphatic carbocycles. The van der Waals surface area contributed by atoms with Gasteiger partial charge in [0.1, 0.15) is 5.75 Å². The molecule has 158 valence electrons. The zero-order chi connectivity index (χ0) is 21.7. The summed E-state index contributed by atoms with van der Waals surface area (Å²) in [5, 5.41) is 12.7. The zero-order valence-electron chi connectivity index (χ0n) is 17.4. The Labute approximate surface area is 186 Å². The summed E-state index contributed by atoms with van der Waals surface area (Å²) < 4.78 is 7.44. The standard InChI is InChI=1S/C22H25ClN4O2S/c1-14(2)13-24-21(28)15(3)30-22-26-25-20(18-7-5-6-8-19(18)29-4)27(22)17-11-9-16(23)10-12-17/h5-12,14-15H,13H2,1-4H3,(H,24,28). The highest BCUT2D eigenvalue weighted by Crippen LogP contribution is 2.34. The number of nitrogens with one attached hydrogen (secondary N) is 1. The predicted molar refractivity (Wildman–Crippen MR) is 122 cm³/mol. The van der Waals surface area contributed by atoms with Gasteiger partial charge in [0.25, 0.3) is 0 Å². The summed E-state index contributed by atoms with van der Waals surface area (Å²) in [4.78, 5) is 12.5. The number of hydrogen-bond acceptors (Lipinski definition) is 5. The number of nitrogens with zero attached hydrogens (tertiary/aromatic N) is 3. The molecule has 3 rings (SSSR count). The number of carbonyl (C=O) groups excluding carboxylic acids is 1. The van der Waals surface area contributed by atoms with Gasteiger partial charge in [-0.15, -0.1) is 10.2 Å². The van der Waals surface area contributed by atoms with Crippen LogP contribution in [0.15, 0.2) is 53.7 Å². The van der Waals surface area contributed by atoms with Crippen molar-refractivity contribution in [3.05, 3.63) is 53.6 Å². The predicted octanol–water partition coefficient (Wildman–Crippen LogP) is 4.85. The highest BCUT2D eigenvalue weighted by atomic mass is 35.5. The highest BCUT2D eigenvalue weighted by molar-refractivity contribution is 8.00. The van der Waals surface area contributed by atoms with Crippen LogP contribution < -0.4 is 10.1 Å². The highest BCUT2D eigenvalue weighted by Gasteiger charge is 2.23. The zero-order valence-corrected chi connectivity index (χ0v) is 19.0. The Bertz CT molecular complexity index is 1000. The summed E-state index contributed by atoms with van der Waals surface area (Å²) in [6.45, 7) is 6.63. The number of halogens is 1. The van der Waals surface area contributed by atoms with Gasteiger partial charge in [0.15, 0.2) is 11.0 Å². The lowest BCUT2D eigenvalue weighted by atomic mass is 10.2. The van der Waals surface area contributed by atoms with E-state index >= 15 is 0 Å². The maximum atomic E-state index is 12.5. The second kappa shape index (κ2) is 10.00. The van der Waals surface area contributed by atoms with E-state index in [1.165, 1.54) is 11.8 Å². The molecular weight excluding hydrogens is 420 g/mol. The molecule has 0 saturated heterocycles. The van der Waals surface area contributed by atoms with Gasteiger partial charge < -0.3 is 10.1 Å². The average Bonchev–Trinajstić information content (AvgIpc) is 3.15. The molecule has 2 aromatic carbocycles. The minimum Gasteiger partial charge on any atom is -0.496 e. The van der Waals surface area contributed by atoms with Crippen LogP contribution in [0.3, 0.4) is 0 Å². The van der Waals surface area contributed by atoms with E-state index in [0.29, 0.717) is 34.2 Å². The molecular formula is C22H25ClN4O2S. The summed E-state index contributed by atoms with van der Waals surface area (Å²) in [5.74, 6) is 1.69. The Morgan fingerprint density at radius 3 is 2.50 bits per heavy atom. The number of thioether (sulfide) groups is 1. The second-order valence-electron chi connectivity index (χ2n) is 7.22. The molecule has 1 atom stereocenters. The molecule has 0 fully saturated rings. The summed E-state index contributed by atoms with van der Waals surface area (Å²) in [6, 6.07) is 15.1. The van der Waals surface area contributed by atoms with Gasteiger partial charge in [0.2, 0.25) is 5.91 Å². The minimum absolute atomic E-state index is 0.0294. The second-order valence-corrected chi connectivity index (χ2v) is 8.96. The lowest BCUT2D eigenvalue weighted by Crippen LogP contribution is -2.33. The Morgan fingerprint density at radius 2 is 1.83 bits per heavy atom. The van der Waals surface area contributed by atoms with Gasteiger partial charge in [0.05, 0.1) is 17.9 Å². The summed E-state index contributed by atoms with van der Waals surface area (Å²) in [6.07, 6.45) is 0. The monoisotopic (exact) mass is 444 g/mol. The molecule has 0 radical (unpaired) electrons. The fourth-order valence-electron chi connectivity index (χ4n) is 2.83. The number of aromatic nitrogens is 3. The maximum Gasteiger partial charge on any atom is 0.233 e. The van der Waals surface area contributed by atoms with Crippen LogP contribution in [0.25, 0.3) is 17.1 Å². The van der Waals surface area contributed by atoms with Crippen LogP contribution in [0.4, 0.5) is 0 Å². The van der Waals surface area contributed by atoms with Gasteiger partial charge in [-0.25, -0.2) is 0 Å². The third-order valence-electron chi connectivity index (χ3n) is 4.40. The van der Waals surface area contributed by atoms with E-state index < -0.39 is 0 Å². The van der Waals surface area contributed by atoms with E-state index in [9.17, 15) is 4.79 Å². The van der Waals surface area contributed by atoms with E-state index in [1.807, 2.05) is 60.0 Å². The third-order valence-corrected chi connectivity index (χ3v) is 5.70. The molecule has 6 nitrogen and oxygen atoms in total. The number of amides is 1. The van der Waals surface area contributed by atoms with Crippen LogP contribution in [-0.4, -0.2) is 39.6 Å². The van der Waals surface area contributed by atoms with Crippen molar-refractivity contribution in [2.45, 2.75) is 31.2 Å². The Balaban J connectivity index is 2.01. The lowest BCUT2D eigenvalue weighted by molar-refractivity contribution is -0.120. The molecule has 8 heteroatoms. The molecule has 1 heterocycles. The molecule has 3 aromatic rings. The van der Waals surface area contributed by atoms with Crippen molar-refractivity contribution in [1.82, 2.24) is 20.1 Å². The largest absolute Gasteiger partial charge is 0.496 e. The molecule has 0 aliphatic rings. The van der Waals surface area contributed by atoms with Crippen LogP contribution in [0, 0.1) is 5.92 Å². The summed E-state index contributed by atoms with van der Waals surface area (Å²) >= 11 is 7.45. The van der Waals surface area contributed by atoms with Crippen molar-refractivity contribution in [3.8, 4) is 22.8 Å². The molecule has 1 aromatic heterocycles. The van der Waals surface area contributed by atoms with Crippen LogP contribution in [0.1, 0.15) is 20.8 Å². The first-order chi connectivity index (χ1) is 14.4. The van der Waals surface area contributed by atoms with Crippen molar-refractivity contribution < 1.29 is 9.53 Å². The lowest BCUT2D eigenvalue weighted by Gasteiger charge is -2.15. The Kier molecular flexibility index (Phi) is 7.39. The molecule has 0 saturated carbocycles. The first-order valence-electron chi connectivity index (χ1n) is 9.69. The topological polar surface area (TPSA) is 69.0 Å². The Morgan fingerprint density at radius 1 is 1.13 bits per heavy atom. The number of carbonyl (C=O) groups is 1. The minimum atomic E-state index is -0.329. The Hall–Kier alpha value is -2.51. The van der Waals surface area contributed by atoms with Crippen molar-refractivity contribution >= 4 is 29.3 Å². The number of hydrogen-bond donors (Lipinski definition) is 1. The van der Waals surface area contributed by atoms with Crippen molar-refractivity contribution in [1.29, 1.82) is 0 Å². The van der Waals surface area contributed by atoms with Gasteiger partial charge in [-0.1, -0.05) is 49.3 Å². The van der Waals surface area contributed by atoms with Crippen LogP contribution in [0.5, 0.6) is 5.75 Å². The van der Waals surface area contributed by atoms with E-state index in [2.05, 4.69) is 29.4 Å². The first kappa shape index (κ1) is 22.2. The van der Waals surface area contributed by atoms with Crippen LogP contribution in [-0.2, 0) is 4.79 Å².